The number of benzene rings is 4. The van der Waals surface area contributed by atoms with Gasteiger partial charge in [0.2, 0.25) is 0 Å². The fourth-order valence-corrected chi connectivity index (χ4v) is 6.08. The number of fused-ring (bicyclic) bond motifs is 4. The molecule has 0 bridgehead atoms. The van der Waals surface area contributed by atoms with E-state index in [-0.39, 0.29) is 17.8 Å². The summed E-state index contributed by atoms with van der Waals surface area (Å²) in [7, 11) is 0. The van der Waals surface area contributed by atoms with E-state index in [9.17, 15) is 0 Å². The SMILES string of the molecule is CC(C)c1cnc2nc(-c3cccc4c3oc3ccccc34)n(-c3c(C(C)C)cc(-c4ccccc4)cc3C(C)C)c2n1. The lowest BCUT2D eigenvalue weighted by molar-refractivity contribution is 0.669. The maximum atomic E-state index is 6.53. The molecule has 0 saturated carbocycles. The van der Waals surface area contributed by atoms with Gasteiger partial charge < -0.3 is 4.42 Å². The average Bonchev–Trinajstić information content (AvgIpc) is 3.59. The van der Waals surface area contributed by atoms with E-state index in [1.807, 2.05) is 18.3 Å². The zero-order chi connectivity index (χ0) is 29.8. The lowest BCUT2D eigenvalue weighted by atomic mass is 9.88. The van der Waals surface area contributed by atoms with E-state index >= 15 is 0 Å². The van der Waals surface area contributed by atoms with Gasteiger partial charge in [0.05, 0.1) is 23.1 Å². The number of rotatable bonds is 6. The summed E-state index contributed by atoms with van der Waals surface area (Å²) in [6.45, 7) is 13.4. The molecule has 0 N–H and O–H groups in total. The smallest absolute Gasteiger partial charge is 0.198 e. The van der Waals surface area contributed by atoms with E-state index < -0.39 is 0 Å². The molecule has 214 valence electrons. The monoisotopic (exact) mass is 564 g/mol. The van der Waals surface area contributed by atoms with E-state index in [4.69, 9.17) is 19.4 Å². The molecule has 5 heteroatoms. The van der Waals surface area contributed by atoms with Gasteiger partial charge in [0, 0.05) is 10.8 Å². The van der Waals surface area contributed by atoms with Gasteiger partial charge in [0.15, 0.2) is 17.1 Å². The van der Waals surface area contributed by atoms with E-state index in [1.165, 1.54) is 22.3 Å². The van der Waals surface area contributed by atoms with E-state index in [0.29, 0.717) is 5.65 Å². The second kappa shape index (κ2) is 10.5. The topological polar surface area (TPSA) is 56.7 Å². The van der Waals surface area contributed by atoms with Crippen LogP contribution in [-0.4, -0.2) is 19.5 Å². The molecule has 0 amide bonds. The Balaban J connectivity index is 1.62. The highest BCUT2D eigenvalue weighted by atomic mass is 16.3. The zero-order valence-corrected chi connectivity index (χ0v) is 25.6. The summed E-state index contributed by atoms with van der Waals surface area (Å²) in [4.78, 5) is 15.2. The molecule has 0 spiro atoms. The maximum absolute atomic E-state index is 6.53. The fourth-order valence-electron chi connectivity index (χ4n) is 6.08. The van der Waals surface area contributed by atoms with Gasteiger partial charge in [-0.25, -0.2) is 15.0 Å². The minimum absolute atomic E-state index is 0.233. The first-order valence-electron chi connectivity index (χ1n) is 15.2. The molecule has 0 fully saturated rings. The number of nitrogens with zero attached hydrogens (tertiary/aromatic N) is 4. The first-order chi connectivity index (χ1) is 20.8. The standard InChI is InChI=1S/C38H36N4O/c1-22(2)30-19-26(25-13-8-7-9-14-25)20-31(23(3)4)34(30)42-37(41-36-38(42)40-32(21-39-36)24(5)6)29-17-12-16-28-27-15-10-11-18-33(27)43-35(28)29/h7-24H,1-6H3. The molecule has 0 aliphatic rings. The first kappa shape index (κ1) is 27.1. The van der Waals surface area contributed by atoms with Crippen LogP contribution in [-0.2, 0) is 0 Å². The minimum atomic E-state index is 0.233. The third kappa shape index (κ3) is 4.51. The molecule has 0 saturated heterocycles. The van der Waals surface area contributed by atoms with Crippen LogP contribution in [0.15, 0.2) is 95.5 Å². The average molecular weight is 565 g/mol. The van der Waals surface area contributed by atoms with Crippen LogP contribution in [0.1, 0.15) is 76.1 Å². The number of aromatic nitrogens is 4. The van der Waals surface area contributed by atoms with Crippen LogP contribution in [0, 0.1) is 0 Å². The van der Waals surface area contributed by atoms with Gasteiger partial charge in [-0.15, -0.1) is 0 Å². The van der Waals surface area contributed by atoms with Gasteiger partial charge >= 0.3 is 0 Å². The Morgan fingerprint density at radius 1 is 0.651 bits per heavy atom. The van der Waals surface area contributed by atoms with Gasteiger partial charge in [-0.3, -0.25) is 4.57 Å². The molecule has 3 heterocycles. The predicted octanol–water partition coefficient (Wildman–Crippen LogP) is 10.4. The Bertz CT molecular complexity index is 2090. The van der Waals surface area contributed by atoms with Crippen LogP contribution in [0.4, 0.5) is 0 Å². The van der Waals surface area contributed by atoms with Gasteiger partial charge in [0.1, 0.15) is 11.2 Å². The summed E-state index contributed by atoms with van der Waals surface area (Å²) < 4.78 is 8.78. The number of imidazole rings is 1. The normalized spacial score (nSPS) is 12.1. The van der Waals surface area contributed by atoms with Crippen molar-refractivity contribution in [3.05, 3.63) is 108 Å². The predicted molar refractivity (Wildman–Crippen MR) is 177 cm³/mol. The number of hydrogen-bond acceptors (Lipinski definition) is 4. The van der Waals surface area contributed by atoms with Crippen molar-refractivity contribution >= 4 is 33.2 Å². The van der Waals surface area contributed by atoms with Crippen LogP contribution in [0.5, 0.6) is 0 Å². The van der Waals surface area contributed by atoms with Crippen LogP contribution in [0.2, 0.25) is 0 Å². The second-order valence-corrected chi connectivity index (χ2v) is 12.3. The molecule has 0 aliphatic heterocycles. The maximum Gasteiger partial charge on any atom is 0.198 e. The second-order valence-electron chi connectivity index (χ2n) is 12.3. The van der Waals surface area contributed by atoms with Crippen molar-refractivity contribution in [2.24, 2.45) is 0 Å². The Labute approximate surface area is 252 Å². The van der Waals surface area contributed by atoms with Crippen LogP contribution >= 0.6 is 0 Å². The number of furan rings is 1. The molecule has 0 atom stereocenters. The van der Waals surface area contributed by atoms with Crippen LogP contribution in [0.3, 0.4) is 0 Å². The summed E-state index contributed by atoms with van der Waals surface area (Å²) in [5, 5.41) is 2.17. The van der Waals surface area contributed by atoms with Crippen molar-refractivity contribution in [2.75, 3.05) is 0 Å². The van der Waals surface area contributed by atoms with Gasteiger partial charge in [-0.1, -0.05) is 102 Å². The number of para-hydroxylation sites is 2. The Morgan fingerprint density at radius 2 is 1.33 bits per heavy atom. The van der Waals surface area contributed by atoms with Crippen molar-refractivity contribution in [3.63, 3.8) is 0 Å². The summed E-state index contributed by atoms with van der Waals surface area (Å²) in [5.41, 5.74) is 11.0. The van der Waals surface area contributed by atoms with Gasteiger partial charge in [-0.2, -0.15) is 0 Å². The lowest BCUT2D eigenvalue weighted by Gasteiger charge is -2.24. The molecule has 0 unspecified atom stereocenters. The Kier molecular flexibility index (Phi) is 6.61. The highest BCUT2D eigenvalue weighted by Crippen LogP contribution is 2.42. The summed E-state index contributed by atoms with van der Waals surface area (Å²) in [6, 6.07) is 29.9. The third-order valence-corrected chi connectivity index (χ3v) is 8.37. The Morgan fingerprint density at radius 3 is 2.02 bits per heavy atom. The van der Waals surface area contributed by atoms with Gasteiger partial charge in [0.25, 0.3) is 0 Å². The quantitative estimate of drug-likeness (QED) is 0.202. The summed E-state index contributed by atoms with van der Waals surface area (Å²) in [6.07, 6.45) is 1.86. The van der Waals surface area contributed by atoms with E-state index in [2.05, 4.69) is 119 Å². The zero-order valence-electron chi connectivity index (χ0n) is 25.6. The third-order valence-electron chi connectivity index (χ3n) is 8.37. The van der Waals surface area contributed by atoms with Crippen LogP contribution in [0.25, 0.3) is 61.4 Å². The molecule has 0 radical (unpaired) electrons. The number of hydrogen-bond donors (Lipinski definition) is 0. The van der Waals surface area contributed by atoms with Crippen LogP contribution < -0.4 is 0 Å². The molecule has 3 aromatic heterocycles. The van der Waals surface area contributed by atoms with Crippen molar-refractivity contribution in [1.29, 1.82) is 0 Å². The lowest BCUT2D eigenvalue weighted by Crippen LogP contribution is -2.10. The molecule has 5 nitrogen and oxygen atoms in total. The highest BCUT2D eigenvalue weighted by molar-refractivity contribution is 6.09. The van der Waals surface area contributed by atoms with Crippen molar-refractivity contribution in [2.45, 2.75) is 59.3 Å². The molecular weight excluding hydrogens is 528 g/mol. The summed E-state index contributed by atoms with van der Waals surface area (Å²) >= 11 is 0. The van der Waals surface area contributed by atoms with Crippen molar-refractivity contribution < 1.29 is 4.42 Å². The molecule has 7 rings (SSSR count). The van der Waals surface area contributed by atoms with Crippen molar-refractivity contribution in [3.8, 4) is 28.2 Å². The van der Waals surface area contributed by atoms with Gasteiger partial charge in [-0.05, 0) is 64.3 Å². The molecular formula is C38H36N4O. The fraction of sp³-hybridized carbons (Fsp3) is 0.237. The molecule has 7 aromatic rings. The molecule has 4 aromatic carbocycles. The largest absolute Gasteiger partial charge is 0.455 e. The highest BCUT2D eigenvalue weighted by Gasteiger charge is 2.27. The van der Waals surface area contributed by atoms with E-state index in [0.717, 1.165) is 50.4 Å². The Hall–Kier alpha value is -4.77. The van der Waals surface area contributed by atoms with Crippen molar-refractivity contribution in [1.82, 2.24) is 19.5 Å². The first-order valence-corrected chi connectivity index (χ1v) is 15.2. The summed E-state index contributed by atoms with van der Waals surface area (Å²) in [5.74, 6) is 1.53. The minimum Gasteiger partial charge on any atom is -0.455 e. The molecule has 0 aliphatic carbocycles. The molecule has 43 heavy (non-hydrogen) atoms. The van der Waals surface area contributed by atoms with E-state index in [1.54, 1.807) is 0 Å².